The molecule has 2 aromatic rings. The number of carbonyl (C=O) groups is 1. The molecular weight excluding hydrogens is 359 g/mol. The van der Waals surface area contributed by atoms with E-state index < -0.39 is 0 Å². The monoisotopic (exact) mass is 386 g/mol. The molecule has 0 bridgehead atoms. The summed E-state index contributed by atoms with van der Waals surface area (Å²) in [7, 11) is 0. The Hall–Kier alpha value is -2.76. The van der Waals surface area contributed by atoms with Gasteiger partial charge in [0.1, 0.15) is 5.82 Å². The lowest BCUT2D eigenvalue weighted by molar-refractivity contribution is 0.174. The zero-order valence-corrected chi connectivity index (χ0v) is 16.3. The van der Waals surface area contributed by atoms with Crippen LogP contribution in [0.15, 0.2) is 42.5 Å². The smallest absolute Gasteiger partial charge is 0.315 e. The highest BCUT2D eigenvalue weighted by atomic mass is 19.1. The number of rotatable bonds is 8. The zero-order chi connectivity index (χ0) is 19.9. The summed E-state index contributed by atoms with van der Waals surface area (Å²) in [5, 5.41) is 5.97. The minimum absolute atomic E-state index is 0.134. The van der Waals surface area contributed by atoms with Gasteiger partial charge in [-0.05, 0) is 60.6 Å². The van der Waals surface area contributed by atoms with Crippen molar-refractivity contribution >= 4 is 6.03 Å². The molecule has 0 spiro atoms. The Labute approximate surface area is 165 Å². The molecule has 28 heavy (non-hydrogen) atoms. The van der Waals surface area contributed by atoms with Crippen molar-refractivity contribution in [2.45, 2.75) is 39.2 Å². The van der Waals surface area contributed by atoms with E-state index in [9.17, 15) is 9.18 Å². The number of hydrogen-bond donors (Lipinski definition) is 2. The van der Waals surface area contributed by atoms with Gasteiger partial charge in [0.2, 0.25) is 6.79 Å². The van der Waals surface area contributed by atoms with Gasteiger partial charge >= 0.3 is 6.03 Å². The minimum atomic E-state index is -0.268. The first-order valence-corrected chi connectivity index (χ1v) is 9.67. The second-order valence-corrected chi connectivity index (χ2v) is 7.50. The van der Waals surface area contributed by atoms with Crippen LogP contribution in [-0.2, 0) is 12.8 Å². The molecule has 0 aromatic heterocycles. The number of hydrogen-bond acceptors (Lipinski definition) is 3. The summed E-state index contributed by atoms with van der Waals surface area (Å²) in [6.07, 6.45) is 2.16. The third kappa shape index (κ3) is 5.87. The highest BCUT2D eigenvalue weighted by Gasteiger charge is 2.18. The highest BCUT2D eigenvalue weighted by Crippen LogP contribution is 2.32. The molecule has 1 aliphatic heterocycles. The maximum absolute atomic E-state index is 13.2. The Morgan fingerprint density at radius 2 is 1.71 bits per heavy atom. The van der Waals surface area contributed by atoms with Crippen molar-refractivity contribution in [2.75, 3.05) is 13.3 Å². The van der Waals surface area contributed by atoms with E-state index in [1.165, 1.54) is 12.1 Å². The van der Waals surface area contributed by atoms with Gasteiger partial charge in [-0.3, -0.25) is 0 Å². The van der Waals surface area contributed by atoms with Crippen molar-refractivity contribution in [3.8, 4) is 11.5 Å². The Bertz CT molecular complexity index is 793. The quantitative estimate of drug-likeness (QED) is 0.719. The minimum Gasteiger partial charge on any atom is -0.454 e. The lowest BCUT2D eigenvalue weighted by Crippen LogP contribution is -2.44. The topological polar surface area (TPSA) is 59.6 Å². The summed E-state index contributed by atoms with van der Waals surface area (Å²) in [5.74, 6) is 1.72. The fourth-order valence-electron chi connectivity index (χ4n) is 3.14. The molecule has 1 aliphatic rings. The third-order valence-corrected chi connectivity index (χ3v) is 4.66. The molecule has 6 heteroatoms. The number of urea groups is 1. The van der Waals surface area contributed by atoms with Crippen molar-refractivity contribution < 1.29 is 18.7 Å². The van der Waals surface area contributed by atoms with Crippen LogP contribution in [-0.4, -0.2) is 25.4 Å². The molecular formula is C22H27FN2O3. The number of fused-ring (bicyclic) bond motifs is 1. The predicted octanol–water partition coefficient (Wildman–Crippen LogP) is 4.05. The fraction of sp³-hybridized carbons (Fsp3) is 0.409. The molecule has 0 radical (unpaired) electrons. The molecule has 5 nitrogen and oxygen atoms in total. The number of carbonyl (C=O) groups excluding carboxylic acids is 1. The van der Waals surface area contributed by atoms with Gasteiger partial charge in [0.15, 0.2) is 11.5 Å². The Kier molecular flexibility index (Phi) is 6.74. The van der Waals surface area contributed by atoms with Gasteiger partial charge in [-0.15, -0.1) is 0 Å². The van der Waals surface area contributed by atoms with Crippen molar-refractivity contribution in [3.63, 3.8) is 0 Å². The molecule has 150 valence electrons. The van der Waals surface area contributed by atoms with E-state index in [4.69, 9.17) is 9.47 Å². The maximum Gasteiger partial charge on any atom is 0.315 e. The summed E-state index contributed by atoms with van der Waals surface area (Å²) in [4.78, 5) is 12.3. The lowest BCUT2D eigenvalue weighted by Gasteiger charge is -2.20. The number of ether oxygens (including phenoxy) is 2. The summed E-state index contributed by atoms with van der Waals surface area (Å²) < 4.78 is 24.0. The van der Waals surface area contributed by atoms with E-state index in [2.05, 4.69) is 24.5 Å². The van der Waals surface area contributed by atoms with E-state index in [1.54, 1.807) is 12.1 Å². The van der Waals surface area contributed by atoms with Gasteiger partial charge in [0, 0.05) is 12.6 Å². The van der Waals surface area contributed by atoms with Crippen LogP contribution in [0.2, 0.25) is 0 Å². The molecule has 2 N–H and O–H groups in total. The molecule has 2 aromatic carbocycles. The van der Waals surface area contributed by atoms with E-state index >= 15 is 0 Å². The number of amides is 2. The zero-order valence-electron chi connectivity index (χ0n) is 16.3. The summed E-state index contributed by atoms with van der Waals surface area (Å²) in [5.41, 5.74) is 2.01. The average Bonchev–Trinajstić information content (AvgIpc) is 3.11. The molecule has 1 atom stereocenters. The van der Waals surface area contributed by atoms with Crippen molar-refractivity contribution in [1.29, 1.82) is 0 Å². The van der Waals surface area contributed by atoms with Crippen LogP contribution in [0.4, 0.5) is 9.18 Å². The molecule has 1 heterocycles. The molecule has 0 unspecified atom stereocenters. The predicted molar refractivity (Wildman–Crippen MR) is 106 cm³/mol. The number of benzene rings is 2. The first-order valence-electron chi connectivity index (χ1n) is 9.67. The van der Waals surface area contributed by atoms with Gasteiger partial charge in [-0.1, -0.05) is 32.0 Å². The van der Waals surface area contributed by atoms with E-state index in [0.29, 0.717) is 25.3 Å². The van der Waals surface area contributed by atoms with Gasteiger partial charge in [0.05, 0.1) is 0 Å². The first kappa shape index (κ1) is 20.0. The Balaban J connectivity index is 1.66. The van der Waals surface area contributed by atoms with E-state index in [0.717, 1.165) is 29.0 Å². The molecule has 0 saturated carbocycles. The van der Waals surface area contributed by atoms with Gasteiger partial charge in [-0.2, -0.15) is 0 Å². The van der Waals surface area contributed by atoms with Crippen molar-refractivity contribution in [2.24, 2.45) is 5.92 Å². The van der Waals surface area contributed by atoms with Crippen LogP contribution in [0.25, 0.3) is 0 Å². The highest BCUT2D eigenvalue weighted by molar-refractivity contribution is 5.74. The number of nitrogens with one attached hydrogen (secondary N) is 2. The van der Waals surface area contributed by atoms with Crippen LogP contribution < -0.4 is 20.1 Å². The van der Waals surface area contributed by atoms with Crippen LogP contribution in [0.5, 0.6) is 11.5 Å². The Morgan fingerprint density at radius 1 is 1.04 bits per heavy atom. The second kappa shape index (κ2) is 9.44. The number of halogens is 1. The van der Waals surface area contributed by atoms with Gasteiger partial charge in [0.25, 0.3) is 0 Å². The molecule has 0 saturated heterocycles. The van der Waals surface area contributed by atoms with E-state index in [-0.39, 0.29) is 24.7 Å². The van der Waals surface area contributed by atoms with Gasteiger partial charge < -0.3 is 20.1 Å². The van der Waals surface area contributed by atoms with E-state index in [1.807, 2.05) is 18.2 Å². The van der Waals surface area contributed by atoms with Crippen molar-refractivity contribution in [3.05, 3.63) is 59.4 Å². The molecule has 2 amide bonds. The largest absolute Gasteiger partial charge is 0.454 e. The third-order valence-electron chi connectivity index (χ3n) is 4.66. The summed E-state index contributed by atoms with van der Waals surface area (Å²) in [6.45, 7) is 5.11. The molecule has 0 aliphatic carbocycles. The first-order chi connectivity index (χ1) is 13.5. The summed E-state index contributed by atoms with van der Waals surface area (Å²) >= 11 is 0. The normalized spacial score (nSPS) is 13.4. The van der Waals surface area contributed by atoms with Gasteiger partial charge in [-0.25, -0.2) is 9.18 Å². The SMILES string of the molecule is CC(C)CCNC(=O)N[C@H](Cc1ccc(F)cc1)Cc1ccc2c(c1)OCO2. The maximum atomic E-state index is 13.2. The average molecular weight is 386 g/mol. The van der Waals surface area contributed by atoms with Crippen LogP contribution in [0.1, 0.15) is 31.4 Å². The second-order valence-electron chi connectivity index (χ2n) is 7.50. The Morgan fingerprint density at radius 3 is 2.46 bits per heavy atom. The standard InChI is InChI=1S/C22H27FN2O3/c1-15(2)9-10-24-22(26)25-19(11-16-3-6-18(23)7-4-16)12-17-5-8-20-21(13-17)28-14-27-20/h3-8,13,15,19H,9-12,14H2,1-2H3,(H2,24,25,26)/t19-/m1/s1. The molecule has 3 rings (SSSR count). The summed E-state index contributed by atoms with van der Waals surface area (Å²) in [6, 6.07) is 11.9. The van der Waals surface area contributed by atoms with Crippen LogP contribution in [0.3, 0.4) is 0 Å². The van der Waals surface area contributed by atoms with Crippen molar-refractivity contribution in [1.82, 2.24) is 10.6 Å². The van der Waals surface area contributed by atoms with Crippen LogP contribution >= 0.6 is 0 Å². The van der Waals surface area contributed by atoms with Crippen LogP contribution in [0, 0.1) is 11.7 Å². The lowest BCUT2D eigenvalue weighted by atomic mass is 9.98. The molecule has 0 fully saturated rings. The fourth-order valence-corrected chi connectivity index (χ4v) is 3.14.